The average molecular weight is 271 g/mol. The van der Waals surface area contributed by atoms with Crippen molar-refractivity contribution in [2.75, 3.05) is 6.54 Å². The quantitative estimate of drug-likeness (QED) is 0.770. The molecule has 1 aromatic rings. The number of phenolic OH excluding ortho intramolecular Hbond substituents is 1. The van der Waals surface area contributed by atoms with Crippen molar-refractivity contribution >= 4 is 23.4 Å². The fourth-order valence-corrected chi connectivity index (χ4v) is 1.37. The summed E-state index contributed by atoms with van der Waals surface area (Å²) < 4.78 is 0. The molecular weight excluding hydrogens is 256 g/mol. The highest BCUT2D eigenvalue weighted by atomic mass is 35.5. The Kier molecular flexibility index (Phi) is 4.19. The van der Waals surface area contributed by atoms with Gasteiger partial charge in [-0.25, -0.2) is 0 Å². The summed E-state index contributed by atoms with van der Waals surface area (Å²) >= 11 is 5.84. The Morgan fingerprint density at radius 3 is 2.61 bits per heavy atom. The Morgan fingerprint density at radius 1 is 1.44 bits per heavy atom. The van der Waals surface area contributed by atoms with Gasteiger partial charge in [0.15, 0.2) is 0 Å². The predicted octanol–water partition coefficient (Wildman–Crippen LogP) is 1.29. The van der Waals surface area contributed by atoms with Gasteiger partial charge < -0.3 is 16.2 Å². The van der Waals surface area contributed by atoms with Crippen LogP contribution in [0.5, 0.6) is 5.75 Å². The van der Waals surface area contributed by atoms with Gasteiger partial charge in [-0.15, -0.1) is 0 Å². The lowest BCUT2D eigenvalue weighted by Gasteiger charge is -2.20. The van der Waals surface area contributed by atoms with Crippen LogP contribution in [0.15, 0.2) is 18.2 Å². The molecule has 0 saturated carbocycles. The number of hydrogen-bond acceptors (Lipinski definition) is 3. The van der Waals surface area contributed by atoms with Gasteiger partial charge in [0.25, 0.3) is 5.91 Å². The van der Waals surface area contributed by atoms with Crippen LogP contribution in [0.3, 0.4) is 0 Å². The molecule has 0 aliphatic heterocycles. The number of hydrogen-bond donors (Lipinski definition) is 3. The monoisotopic (exact) mass is 270 g/mol. The third-order valence-corrected chi connectivity index (χ3v) is 2.88. The third-order valence-electron chi connectivity index (χ3n) is 2.55. The van der Waals surface area contributed by atoms with E-state index in [9.17, 15) is 14.7 Å². The van der Waals surface area contributed by atoms with Crippen molar-refractivity contribution < 1.29 is 14.7 Å². The zero-order valence-electron chi connectivity index (χ0n) is 10.2. The van der Waals surface area contributed by atoms with Gasteiger partial charge in [0.05, 0.1) is 16.0 Å². The molecule has 5 nitrogen and oxygen atoms in total. The average Bonchev–Trinajstić information content (AvgIpc) is 2.29. The lowest BCUT2D eigenvalue weighted by atomic mass is 9.92. The topological polar surface area (TPSA) is 92.4 Å². The Labute approximate surface area is 110 Å². The number of benzene rings is 1. The van der Waals surface area contributed by atoms with Crippen molar-refractivity contribution in [3.05, 3.63) is 28.8 Å². The summed E-state index contributed by atoms with van der Waals surface area (Å²) in [4.78, 5) is 22.9. The van der Waals surface area contributed by atoms with Crippen LogP contribution in [-0.4, -0.2) is 23.5 Å². The molecule has 0 aromatic heterocycles. The van der Waals surface area contributed by atoms with E-state index in [1.165, 1.54) is 18.2 Å². The maximum absolute atomic E-state index is 11.8. The van der Waals surface area contributed by atoms with Crippen molar-refractivity contribution in [2.24, 2.45) is 11.1 Å². The van der Waals surface area contributed by atoms with Gasteiger partial charge in [-0.1, -0.05) is 11.6 Å². The number of amides is 2. The van der Waals surface area contributed by atoms with E-state index in [1.54, 1.807) is 13.8 Å². The SMILES string of the molecule is CC(C)(CNC(=O)c1cc(O)ccc1Cl)C(N)=O. The Balaban J connectivity index is 2.78. The molecule has 0 atom stereocenters. The van der Waals surface area contributed by atoms with Gasteiger partial charge in [0, 0.05) is 6.54 Å². The zero-order valence-corrected chi connectivity index (χ0v) is 10.9. The molecule has 0 heterocycles. The minimum atomic E-state index is -0.848. The van der Waals surface area contributed by atoms with Gasteiger partial charge >= 0.3 is 0 Å². The summed E-state index contributed by atoms with van der Waals surface area (Å²) in [5.41, 5.74) is 4.49. The zero-order chi connectivity index (χ0) is 13.9. The van der Waals surface area contributed by atoms with Crippen molar-refractivity contribution in [3.8, 4) is 5.75 Å². The van der Waals surface area contributed by atoms with Crippen LogP contribution in [0.1, 0.15) is 24.2 Å². The maximum atomic E-state index is 11.8. The highest BCUT2D eigenvalue weighted by Gasteiger charge is 2.26. The normalized spacial score (nSPS) is 11.1. The van der Waals surface area contributed by atoms with Crippen LogP contribution in [0, 0.1) is 5.41 Å². The van der Waals surface area contributed by atoms with E-state index < -0.39 is 17.2 Å². The number of carbonyl (C=O) groups is 2. The lowest BCUT2D eigenvalue weighted by Crippen LogP contribution is -2.42. The van der Waals surface area contributed by atoms with Crippen LogP contribution >= 0.6 is 11.6 Å². The summed E-state index contributed by atoms with van der Waals surface area (Å²) in [7, 11) is 0. The van der Waals surface area contributed by atoms with Crippen molar-refractivity contribution in [1.29, 1.82) is 0 Å². The number of halogens is 1. The fourth-order valence-electron chi connectivity index (χ4n) is 1.17. The van der Waals surface area contributed by atoms with Gasteiger partial charge in [-0.2, -0.15) is 0 Å². The smallest absolute Gasteiger partial charge is 0.252 e. The molecule has 0 unspecified atom stereocenters. The number of aromatic hydroxyl groups is 1. The summed E-state index contributed by atoms with van der Waals surface area (Å²) in [6.45, 7) is 3.34. The van der Waals surface area contributed by atoms with Crippen LogP contribution in [0.4, 0.5) is 0 Å². The molecule has 18 heavy (non-hydrogen) atoms. The molecule has 0 radical (unpaired) electrons. The number of nitrogens with one attached hydrogen (secondary N) is 1. The molecule has 0 saturated heterocycles. The van der Waals surface area contributed by atoms with Gasteiger partial charge in [-0.05, 0) is 32.0 Å². The van der Waals surface area contributed by atoms with E-state index in [0.717, 1.165) is 0 Å². The molecule has 6 heteroatoms. The first-order valence-electron chi connectivity index (χ1n) is 5.30. The van der Waals surface area contributed by atoms with E-state index in [1.807, 2.05) is 0 Å². The molecular formula is C12H15ClN2O3. The first-order valence-corrected chi connectivity index (χ1v) is 5.68. The van der Waals surface area contributed by atoms with E-state index >= 15 is 0 Å². The minimum Gasteiger partial charge on any atom is -0.508 e. The van der Waals surface area contributed by atoms with Crippen LogP contribution in [0.25, 0.3) is 0 Å². The van der Waals surface area contributed by atoms with Crippen molar-refractivity contribution in [2.45, 2.75) is 13.8 Å². The number of rotatable bonds is 4. The number of nitrogens with two attached hydrogens (primary N) is 1. The molecule has 1 aromatic carbocycles. The summed E-state index contributed by atoms with van der Waals surface area (Å²) in [5.74, 6) is -1.03. The molecule has 0 bridgehead atoms. The second-order valence-corrected chi connectivity index (χ2v) is 5.00. The summed E-state index contributed by atoms with van der Waals surface area (Å²) in [6, 6.07) is 4.06. The van der Waals surface area contributed by atoms with Crippen LogP contribution in [0.2, 0.25) is 5.02 Å². The molecule has 0 fully saturated rings. The summed E-state index contributed by atoms with van der Waals surface area (Å²) in [5, 5.41) is 12.1. The van der Waals surface area contributed by atoms with Crippen LogP contribution < -0.4 is 11.1 Å². The molecule has 2 amide bonds. The lowest BCUT2D eigenvalue weighted by molar-refractivity contribution is -0.125. The Hall–Kier alpha value is -1.75. The fraction of sp³-hybridized carbons (Fsp3) is 0.333. The number of primary amides is 1. The van der Waals surface area contributed by atoms with Crippen LogP contribution in [-0.2, 0) is 4.79 Å². The summed E-state index contributed by atoms with van der Waals surface area (Å²) in [6.07, 6.45) is 0. The molecule has 98 valence electrons. The third kappa shape index (κ3) is 3.37. The molecule has 0 aliphatic carbocycles. The standard InChI is InChI=1S/C12H15ClN2O3/c1-12(2,11(14)18)6-15-10(17)8-5-7(16)3-4-9(8)13/h3-5,16H,6H2,1-2H3,(H2,14,18)(H,15,17). The highest BCUT2D eigenvalue weighted by Crippen LogP contribution is 2.21. The van der Waals surface area contributed by atoms with Crippen molar-refractivity contribution in [3.63, 3.8) is 0 Å². The Bertz CT molecular complexity index is 486. The number of phenols is 1. The van der Waals surface area contributed by atoms with Gasteiger partial charge in [0.2, 0.25) is 5.91 Å². The minimum absolute atomic E-state index is 0.0567. The molecule has 4 N–H and O–H groups in total. The molecule has 0 aliphatic rings. The second-order valence-electron chi connectivity index (χ2n) is 4.59. The number of carbonyl (C=O) groups excluding carboxylic acids is 2. The first-order chi connectivity index (χ1) is 8.24. The van der Waals surface area contributed by atoms with Gasteiger partial charge in [0.1, 0.15) is 5.75 Å². The highest BCUT2D eigenvalue weighted by molar-refractivity contribution is 6.33. The molecule has 1 rings (SSSR count). The second kappa shape index (κ2) is 5.27. The largest absolute Gasteiger partial charge is 0.508 e. The van der Waals surface area contributed by atoms with E-state index in [4.69, 9.17) is 17.3 Å². The van der Waals surface area contributed by atoms with Crippen molar-refractivity contribution in [1.82, 2.24) is 5.32 Å². The van der Waals surface area contributed by atoms with Gasteiger partial charge in [-0.3, -0.25) is 9.59 Å². The first kappa shape index (κ1) is 14.3. The van der Waals surface area contributed by atoms with E-state index in [0.29, 0.717) is 0 Å². The Morgan fingerprint density at radius 2 is 2.06 bits per heavy atom. The van der Waals surface area contributed by atoms with E-state index in [-0.39, 0.29) is 22.9 Å². The maximum Gasteiger partial charge on any atom is 0.252 e. The predicted molar refractivity (Wildman–Crippen MR) is 68.4 cm³/mol. The van der Waals surface area contributed by atoms with E-state index in [2.05, 4.69) is 5.32 Å². The molecule has 0 spiro atoms.